The van der Waals surface area contributed by atoms with Crippen LogP contribution in [0.5, 0.6) is 0 Å². The number of alkyl halides is 3. The van der Waals surface area contributed by atoms with E-state index in [0.29, 0.717) is 45.7 Å². The molecule has 1 aromatic heterocycles. The smallest absolute Gasteiger partial charge is 0.347 e. The molecule has 4 fully saturated rings. The lowest BCUT2D eigenvalue weighted by Gasteiger charge is -2.57. The fourth-order valence-electron chi connectivity index (χ4n) is 5.53. The summed E-state index contributed by atoms with van der Waals surface area (Å²) >= 11 is 0. The van der Waals surface area contributed by atoms with E-state index in [0.717, 1.165) is 25.5 Å². The molecule has 5 rings (SSSR count). The van der Waals surface area contributed by atoms with Gasteiger partial charge in [0.05, 0.1) is 23.0 Å². The highest BCUT2D eigenvalue weighted by molar-refractivity contribution is 5.82. The number of rotatable bonds is 2. The molecule has 170 valence electrons. The predicted molar refractivity (Wildman–Crippen MR) is 104 cm³/mol. The Balaban J connectivity index is 1.11. The highest BCUT2D eigenvalue weighted by Crippen LogP contribution is 2.42. The van der Waals surface area contributed by atoms with E-state index >= 15 is 0 Å². The summed E-state index contributed by atoms with van der Waals surface area (Å²) < 4.78 is 40.9. The van der Waals surface area contributed by atoms with Gasteiger partial charge in [-0.2, -0.15) is 18.3 Å². The average Bonchev–Trinajstić information content (AvgIpc) is 3.22. The second-order valence-corrected chi connectivity index (χ2v) is 9.73. The first-order valence-corrected chi connectivity index (χ1v) is 10.7. The van der Waals surface area contributed by atoms with Gasteiger partial charge in [0.1, 0.15) is 0 Å². The maximum atomic E-state index is 13.2. The number of nitrogens with zero attached hydrogens (tertiary/aromatic N) is 5. The van der Waals surface area contributed by atoms with Crippen LogP contribution in [0.4, 0.5) is 18.0 Å². The number of aromatic nitrogens is 2. The van der Waals surface area contributed by atoms with Crippen molar-refractivity contribution < 1.29 is 22.8 Å². The Morgan fingerprint density at radius 1 is 1.13 bits per heavy atom. The molecule has 1 aromatic rings. The molecule has 5 heterocycles. The zero-order valence-electron chi connectivity index (χ0n) is 17.5. The first-order chi connectivity index (χ1) is 14.6. The number of amides is 3. The second-order valence-electron chi connectivity index (χ2n) is 9.73. The van der Waals surface area contributed by atoms with Crippen LogP contribution in [0.25, 0.3) is 0 Å². The van der Waals surface area contributed by atoms with E-state index in [4.69, 9.17) is 0 Å². The molecule has 4 aliphatic rings. The summed E-state index contributed by atoms with van der Waals surface area (Å²) in [5.41, 5.74) is -0.599. The summed E-state index contributed by atoms with van der Waals surface area (Å²) in [6.07, 6.45) is -0.429. The van der Waals surface area contributed by atoms with Crippen molar-refractivity contribution in [3.05, 3.63) is 17.5 Å². The quantitative estimate of drug-likeness (QED) is 0.755. The number of hydrogen-bond acceptors (Lipinski definition) is 4. The second kappa shape index (κ2) is 6.85. The van der Waals surface area contributed by atoms with E-state index in [1.54, 1.807) is 11.9 Å². The zero-order valence-corrected chi connectivity index (χ0v) is 17.5. The maximum absolute atomic E-state index is 13.2. The summed E-state index contributed by atoms with van der Waals surface area (Å²) in [4.78, 5) is 29.9. The average molecular weight is 440 g/mol. The number of carbonyl (C=O) groups is 2. The summed E-state index contributed by atoms with van der Waals surface area (Å²) in [5.74, 6) is 0.0650. The van der Waals surface area contributed by atoms with Gasteiger partial charge in [0.15, 0.2) is 0 Å². The van der Waals surface area contributed by atoms with Crippen molar-refractivity contribution in [2.75, 3.05) is 39.3 Å². The number of halogens is 3. The summed E-state index contributed by atoms with van der Waals surface area (Å²) in [6, 6.07) is 0.0320. The van der Waals surface area contributed by atoms with E-state index in [-0.39, 0.29) is 35.1 Å². The van der Waals surface area contributed by atoms with Crippen LogP contribution >= 0.6 is 0 Å². The van der Waals surface area contributed by atoms with E-state index < -0.39 is 11.7 Å². The Kier molecular flexibility index (Phi) is 4.55. The van der Waals surface area contributed by atoms with Crippen LogP contribution in [0.3, 0.4) is 0 Å². The molecule has 0 atom stereocenters. The van der Waals surface area contributed by atoms with Crippen molar-refractivity contribution in [3.63, 3.8) is 0 Å². The summed E-state index contributed by atoms with van der Waals surface area (Å²) in [7, 11) is 1.54. The van der Waals surface area contributed by atoms with Crippen molar-refractivity contribution in [2.45, 2.75) is 43.9 Å². The number of aryl methyl sites for hydroxylation is 1. The molecule has 0 radical (unpaired) electrons. The SMILES string of the molecule is Cn1ncc(C(F)(F)F)c1CN1CCC2(CC1)CN(C(=O)N1CC3(CCC(=O)N3)C1)C2. The molecule has 0 bridgehead atoms. The van der Waals surface area contributed by atoms with Gasteiger partial charge >= 0.3 is 12.2 Å². The maximum Gasteiger partial charge on any atom is 0.419 e. The van der Waals surface area contributed by atoms with Crippen molar-refractivity contribution >= 4 is 11.9 Å². The van der Waals surface area contributed by atoms with Gasteiger partial charge in [-0.3, -0.25) is 14.4 Å². The van der Waals surface area contributed by atoms with E-state index in [9.17, 15) is 22.8 Å². The van der Waals surface area contributed by atoms with Gasteiger partial charge in [0.25, 0.3) is 0 Å². The number of carbonyl (C=O) groups excluding carboxylic acids is 2. The third-order valence-electron chi connectivity index (χ3n) is 7.47. The first-order valence-electron chi connectivity index (χ1n) is 10.7. The Morgan fingerprint density at radius 3 is 2.35 bits per heavy atom. The molecule has 1 N–H and O–H groups in total. The largest absolute Gasteiger partial charge is 0.419 e. The fraction of sp³-hybridized carbons (Fsp3) is 0.750. The van der Waals surface area contributed by atoms with Gasteiger partial charge in [0, 0.05) is 51.6 Å². The molecule has 2 spiro atoms. The molecule has 0 aliphatic carbocycles. The molecule has 11 heteroatoms. The molecule has 0 aromatic carbocycles. The number of likely N-dealkylation sites (tertiary alicyclic amines) is 3. The van der Waals surface area contributed by atoms with E-state index in [1.165, 1.54) is 4.68 Å². The van der Waals surface area contributed by atoms with Crippen LogP contribution in [-0.2, 0) is 24.6 Å². The predicted octanol–water partition coefficient (Wildman–Crippen LogP) is 1.42. The molecular weight excluding hydrogens is 413 g/mol. The highest BCUT2D eigenvalue weighted by atomic mass is 19.4. The summed E-state index contributed by atoms with van der Waals surface area (Å²) in [6.45, 7) is 4.23. The van der Waals surface area contributed by atoms with Gasteiger partial charge in [-0.05, 0) is 32.4 Å². The van der Waals surface area contributed by atoms with Gasteiger partial charge < -0.3 is 15.1 Å². The molecule has 4 aliphatic heterocycles. The first kappa shape index (κ1) is 20.6. The van der Waals surface area contributed by atoms with Crippen LogP contribution in [0, 0.1) is 5.41 Å². The Hall–Kier alpha value is -2.30. The molecule has 4 saturated heterocycles. The van der Waals surface area contributed by atoms with Crippen molar-refractivity contribution in [1.29, 1.82) is 0 Å². The molecule has 31 heavy (non-hydrogen) atoms. The molecule has 8 nitrogen and oxygen atoms in total. The Morgan fingerprint density at radius 2 is 1.77 bits per heavy atom. The normalized spacial score (nSPS) is 25.0. The van der Waals surface area contributed by atoms with Crippen LogP contribution in [-0.4, -0.2) is 81.2 Å². The van der Waals surface area contributed by atoms with Gasteiger partial charge in [0.2, 0.25) is 5.91 Å². The zero-order chi connectivity index (χ0) is 22.0. The lowest BCUT2D eigenvalue weighted by atomic mass is 9.72. The fourth-order valence-corrected chi connectivity index (χ4v) is 5.53. The number of hydrogen-bond donors (Lipinski definition) is 1. The van der Waals surface area contributed by atoms with Gasteiger partial charge in [-0.15, -0.1) is 0 Å². The minimum Gasteiger partial charge on any atom is -0.347 e. The lowest BCUT2D eigenvalue weighted by Crippen LogP contribution is -2.73. The standard InChI is InChI=1S/C20H27F3N6O2/c1-26-15(14(8-24-26)20(21,22)23)9-27-6-4-18(5-7-27)10-28(11-18)17(31)29-12-19(13-29)3-2-16(30)25-19/h8H,2-7,9-13H2,1H3,(H,25,30). The molecule has 0 unspecified atom stereocenters. The molecular formula is C20H27F3N6O2. The van der Waals surface area contributed by atoms with Gasteiger partial charge in [-0.1, -0.05) is 0 Å². The van der Waals surface area contributed by atoms with Crippen LogP contribution < -0.4 is 5.32 Å². The third kappa shape index (κ3) is 3.56. The van der Waals surface area contributed by atoms with Crippen molar-refractivity contribution in [1.82, 2.24) is 29.8 Å². The monoisotopic (exact) mass is 440 g/mol. The Labute approximate surface area is 178 Å². The molecule has 0 saturated carbocycles. The third-order valence-corrected chi connectivity index (χ3v) is 7.47. The number of piperidine rings is 1. The van der Waals surface area contributed by atoms with Crippen LogP contribution in [0.1, 0.15) is 36.9 Å². The topological polar surface area (TPSA) is 73.7 Å². The van der Waals surface area contributed by atoms with Crippen molar-refractivity contribution in [3.8, 4) is 0 Å². The minimum atomic E-state index is -4.40. The van der Waals surface area contributed by atoms with E-state index in [1.807, 2.05) is 9.80 Å². The minimum absolute atomic E-state index is 0.0320. The van der Waals surface area contributed by atoms with E-state index in [2.05, 4.69) is 10.4 Å². The Bertz CT molecular complexity index is 891. The molecule has 3 amide bonds. The van der Waals surface area contributed by atoms with Gasteiger partial charge in [-0.25, -0.2) is 4.79 Å². The summed E-state index contributed by atoms with van der Waals surface area (Å²) in [5, 5.41) is 6.78. The highest BCUT2D eigenvalue weighted by Gasteiger charge is 2.53. The van der Waals surface area contributed by atoms with Crippen LogP contribution in [0.2, 0.25) is 0 Å². The number of nitrogens with one attached hydrogen (secondary N) is 1. The van der Waals surface area contributed by atoms with Crippen molar-refractivity contribution in [2.24, 2.45) is 12.5 Å². The number of urea groups is 1. The lowest BCUT2D eigenvalue weighted by molar-refractivity contribution is -0.138. The van der Waals surface area contributed by atoms with Crippen LogP contribution in [0.15, 0.2) is 6.20 Å².